The molecule has 246 valence electrons. The monoisotopic (exact) mass is 672 g/mol. The van der Waals surface area contributed by atoms with Gasteiger partial charge >= 0.3 is 0 Å². The molecule has 11 rings (SSSR count). The molecule has 0 aliphatic heterocycles. The van der Waals surface area contributed by atoms with Crippen molar-refractivity contribution >= 4 is 65.0 Å². The Kier molecular flexibility index (Phi) is 6.62. The predicted octanol–water partition coefficient (Wildman–Crippen LogP) is 14.9. The van der Waals surface area contributed by atoms with E-state index in [0.29, 0.717) is 0 Å². The van der Waals surface area contributed by atoms with E-state index < -0.39 is 0 Å². The molecule has 0 saturated heterocycles. The summed E-state index contributed by atoms with van der Waals surface area (Å²) >= 11 is 0. The Morgan fingerprint density at radius 1 is 0.264 bits per heavy atom. The Balaban J connectivity index is 1.07. The van der Waals surface area contributed by atoms with Crippen molar-refractivity contribution in [3.63, 3.8) is 0 Å². The van der Waals surface area contributed by atoms with Crippen LogP contribution in [0, 0.1) is 0 Å². The van der Waals surface area contributed by atoms with E-state index in [1.165, 1.54) is 76.5 Å². The topological polar surface area (TPSA) is 13.1 Å². The summed E-state index contributed by atoms with van der Waals surface area (Å²) in [6.45, 7) is 0. The number of fused-ring (bicyclic) bond motifs is 7. The first-order valence-corrected chi connectivity index (χ1v) is 18.3. The summed E-state index contributed by atoms with van der Waals surface area (Å²) in [5.41, 5.74) is 11.6. The van der Waals surface area contributed by atoms with Crippen LogP contribution in [0.25, 0.3) is 110 Å². The van der Waals surface area contributed by atoms with Crippen LogP contribution < -0.4 is 0 Å². The van der Waals surface area contributed by atoms with Crippen LogP contribution in [0.3, 0.4) is 0 Å². The molecule has 0 aliphatic carbocycles. The minimum atomic E-state index is 0.920. The third-order valence-electron chi connectivity index (χ3n) is 11.0. The molecule has 0 N–H and O–H groups in total. The van der Waals surface area contributed by atoms with E-state index in [9.17, 15) is 0 Å². The summed E-state index contributed by atoms with van der Waals surface area (Å²) in [4.78, 5) is 0. The van der Waals surface area contributed by atoms with Crippen LogP contribution in [0.1, 0.15) is 0 Å². The highest BCUT2D eigenvalue weighted by Gasteiger charge is 2.18. The zero-order valence-electron chi connectivity index (χ0n) is 28.9. The highest BCUT2D eigenvalue weighted by molar-refractivity contribution is 6.22. The quantitative estimate of drug-likeness (QED) is 0.170. The fourth-order valence-corrected chi connectivity index (χ4v) is 8.61. The second-order valence-electron chi connectivity index (χ2n) is 14.0. The number of furan rings is 1. The molecule has 1 heterocycles. The van der Waals surface area contributed by atoms with E-state index in [1.54, 1.807) is 0 Å². The lowest BCUT2D eigenvalue weighted by Gasteiger charge is -2.18. The number of rotatable bonds is 4. The maximum Gasteiger partial charge on any atom is 0.143 e. The second kappa shape index (κ2) is 11.8. The Morgan fingerprint density at radius 2 is 0.736 bits per heavy atom. The largest absolute Gasteiger partial charge is 0.455 e. The molecule has 1 heteroatoms. The van der Waals surface area contributed by atoms with Gasteiger partial charge in [0.15, 0.2) is 0 Å². The number of para-hydroxylation sites is 2. The van der Waals surface area contributed by atoms with Crippen molar-refractivity contribution in [1.82, 2.24) is 0 Å². The zero-order valence-corrected chi connectivity index (χ0v) is 28.9. The molecule has 10 aromatic carbocycles. The van der Waals surface area contributed by atoms with Crippen LogP contribution in [0.5, 0.6) is 0 Å². The normalized spacial score (nSPS) is 11.8. The van der Waals surface area contributed by atoms with Gasteiger partial charge in [-0.3, -0.25) is 0 Å². The Morgan fingerprint density at radius 3 is 1.47 bits per heavy atom. The molecular weight excluding hydrogens is 641 g/mol. The highest BCUT2D eigenvalue weighted by Crippen LogP contribution is 2.45. The average molecular weight is 673 g/mol. The van der Waals surface area contributed by atoms with Crippen molar-refractivity contribution in [3.8, 4) is 44.5 Å². The molecule has 0 aliphatic rings. The van der Waals surface area contributed by atoms with Gasteiger partial charge in [0.1, 0.15) is 11.2 Å². The van der Waals surface area contributed by atoms with Crippen molar-refractivity contribution < 1.29 is 4.42 Å². The van der Waals surface area contributed by atoms with Gasteiger partial charge in [-0.1, -0.05) is 170 Å². The summed E-state index contributed by atoms with van der Waals surface area (Å²) in [5, 5.41) is 12.3. The molecule has 53 heavy (non-hydrogen) atoms. The summed E-state index contributed by atoms with van der Waals surface area (Å²) in [6.07, 6.45) is 0. The van der Waals surface area contributed by atoms with Crippen LogP contribution in [0.2, 0.25) is 0 Å². The minimum absolute atomic E-state index is 0.920. The number of hydrogen-bond acceptors (Lipinski definition) is 1. The fraction of sp³-hybridized carbons (Fsp3) is 0. The predicted molar refractivity (Wildman–Crippen MR) is 225 cm³/mol. The Labute approximate surface area is 307 Å². The molecule has 0 spiro atoms. The first-order chi connectivity index (χ1) is 26.3. The van der Waals surface area contributed by atoms with Crippen molar-refractivity contribution in [3.05, 3.63) is 194 Å². The molecule has 11 aromatic rings. The molecule has 0 fully saturated rings. The molecule has 0 atom stereocenters. The smallest absolute Gasteiger partial charge is 0.143 e. The summed E-state index contributed by atoms with van der Waals surface area (Å²) in [7, 11) is 0. The van der Waals surface area contributed by atoms with Crippen LogP contribution in [0.15, 0.2) is 199 Å². The third kappa shape index (κ3) is 4.71. The van der Waals surface area contributed by atoms with Gasteiger partial charge in [0.25, 0.3) is 0 Å². The van der Waals surface area contributed by atoms with Crippen LogP contribution >= 0.6 is 0 Å². The van der Waals surface area contributed by atoms with Gasteiger partial charge in [-0.15, -0.1) is 0 Å². The fourth-order valence-electron chi connectivity index (χ4n) is 8.61. The molecular formula is C52H32O. The molecule has 0 amide bonds. The Bertz CT molecular complexity index is 3170. The van der Waals surface area contributed by atoms with Gasteiger partial charge < -0.3 is 4.42 Å². The van der Waals surface area contributed by atoms with Gasteiger partial charge in [-0.25, -0.2) is 0 Å². The maximum atomic E-state index is 6.40. The van der Waals surface area contributed by atoms with Crippen molar-refractivity contribution in [2.45, 2.75) is 0 Å². The third-order valence-corrected chi connectivity index (χ3v) is 11.0. The summed E-state index contributed by atoms with van der Waals surface area (Å²) < 4.78 is 6.40. The summed E-state index contributed by atoms with van der Waals surface area (Å²) in [5.74, 6) is 0. The Hall–Kier alpha value is -6.96. The van der Waals surface area contributed by atoms with Crippen molar-refractivity contribution in [2.24, 2.45) is 0 Å². The van der Waals surface area contributed by atoms with Crippen LogP contribution in [0.4, 0.5) is 0 Å². The van der Waals surface area contributed by atoms with Crippen LogP contribution in [-0.4, -0.2) is 0 Å². The van der Waals surface area contributed by atoms with Crippen molar-refractivity contribution in [2.75, 3.05) is 0 Å². The highest BCUT2D eigenvalue weighted by atomic mass is 16.3. The average Bonchev–Trinajstić information content (AvgIpc) is 3.61. The first kappa shape index (κ1) is 29.7. The van der Waals surface area contributed by atoms with Gasteiger partial charge in [0.2, 0.25) is 0 Å². The standard InChI is InChI=1S/C52H32O/c1-2-16-40-33(12-1)13-10-22-41(40)36-14-9-15-38(32-36)50-44-18-3-5-20-46(44)51(47-21-6-4-19-45(47)50)39-29-27-34-30-37(28-26-35(34)31-39)42-23-11-24-48-43-17-7-8-25-49(43)53-52(42)48/h1-32H. The van der Waals surface area contributed by atoms with E-state index in [0.717, 1.165) is 33.1 Å². The lowest BCUT2D eigenvalue weighted by Crippen LogP contribution is -1.91. The SMILES string of the molecule is c1cc(-c2cccc3ccccc23)cc(-c2c3ccccc3c(-c3ccc4cc(-c5cccc6c5oc5ccccc56)ccc4c3)c3ccccc23)c1. The van der Waals surface area contributed by atoms with Gasteiger partial charge in [0.05, 0.1) is 0 Å². The molecule has 1 aromatic heterocycles. The van der Waals surface area contributed by atoms with E-state index in [2.05, 4.69) is 182 Å². The zero-order chi connectivity index (χ0) is 34.9. The number of hydrogen-bond donors (Lipinski definition) is 0. The van der Waals surface area contributed by atoms with E-state index >= 15 is 0 Å². The minimum Gasteiger partial charge on any atom is -0.455 e. The van der Waals surface area contributed by atoms with Gasteiger partial charge in [0, 0.05) is 16.3 Å². The second-order valence-corrected chi connectivity index (χ2v) is 14.0. The lowest BCUT2D eigenvalue weighted by atomic mass is 9.85. The number of benzene rings is 10. The maximum absolute atomic E-state index is 6.40. The first-order valence-electron chi connectivity index (χ1n) is 18.3. The van der Waals surface area contributed by atoms with E-state index in [-0.39, 0.29) is 0 Å². The van der Waals surface area contributed by atoms with Gasteiger partial charge in [-0.05, 0) is 106 Å². The van der Waals surface area contributed by atoms with E-state index in [1.807, 2.05) is 12.1 Å². The van der Waals surface area contributed by atoms with Crippen LogP contribution in [-0.2, 0) is 0 Å². The molecule has 0 bridgehead atoms. The summed E-state index contributed by atoms with van der Waals surface area (Å²) in [6, 6.07) is 70.6. The van der Waals surface area contributed by atoms with E-state index in [4.69, 9.17) is 4.42 Å². The van der Waals surface area contributed by atoms with Crippen molar-refractivity contribution in [1.29, 1.82) is 0 Å². The molecule has 0 unspecified atom stereocenters. The lowest BCUT2D eigenvalue weighted by molar-refractivity contribution is 0.670. The molecule has 1 nitrogen and oxygen atoms in total. The molecule has 0 radical (unpaired) electrons. The molecule has 0 saturated carbocycles. The van der Waals surface area contributed by atoms with Gasteiger partial charge in [-0.2, -0.15) is 0 Å².